The average Bonchev–Trinajstić information content (AvgIpc) is 3.52. The lowest BCUT2D eigenvalue weighted by atomic mass is 9.84. The Morgan fingerprint density at radius 3 is 2.64 bits per heavy atom. The highest BCUT2D eigenvalue weighted by atomic mass is 16.7. The first-order chi connectivity index (χ1) is 17.6. The molecule has 0 unspecified atom stereocenters. The molecular formula is C27H30N2O7. The van der Waals surface area contributed by atoms with Crippen molar-refractivity contribution >= 4 is 17.5 Å². The Hall–Kier alpha value is -3.30. The van der Waals surface area contributed by atoms with Crippen molar-refractivity contribution in [3.63, 3.8) is 0 Å². The largest absolute Gasteiger partial charge is 0.487 e. The summed E-state index contributed by atoms with van der Waals surface area (Å²) in [6.07, 6.45) is 3.05. The average molecular weight is 495 g/mol. The number of hydrogen-bond donors (Lipinski definition) is 2. The molecule has 2 fully saturated rings. The second-order valence-corrected chi connectivity index (χ2v) is 9.82. The summed E-state index contributed by atoms with van der Waals surface area (Å²) in [4.78, 5) is 27.7. The Morgan fingerprint density at radius 2 is 1.81 bits per heavy atom. The molecule has 2 saturated heterocycles. The minimum Gasteiger partial charge on any atom is -0.487 e. The molecule has 4 aliphatic heterocycles. The Bertz CT molecular complexity index is 1160. The van der Waals surface area contributed by atoms with E-state index in [1.807, 2.05) is 17.0 Å². The molecule has 0 radical (unpaired) electrons. The molecule has 4 heterocycles. The molecule has 0 saturated carbocycles. The Balaban J connectivity index is 1.17. The zero-order valence-electron chi connectivity index (χ0n) is 20.0. The summed E-state index contributed by atoms with van der Waals surface area (Å²) in [5.74, 6) is 1.71. The van der Waals surface area contributed by atoms with Gasteiger partial charge < -0.3 is 34.3 Å². The number of anilines is 1. The first-order valence-electron chi connectivity index (χ1n) is 12.6. The molecule has 2 aromatic carbocycles. The Kier molecular flexibility index (Phi) is 6.18. The lowest BCUT2D eigenvalue weighted by Crippen LogP contribution is -2.48. The number of benzene rings is 2. The maximum Gasteiger partial charge on any atom is 0.255 e. The fraction of sp³-hybridized carbons (Fsp3) is 0.481. The smallest absolute Gasteiger partial charge is 0.255 e. The molecule has 0 aliphatic carbocycles. The maximum atomic E-state index is 12.9. The van der Waals surface area contributed by atoms with E-state index in [1.54, 1.807) is 24.3 Å². The van der Waals surface area contributed by atoms with Crippen LogP contribution in [0.5, 0.6) is 17.2 Å². The van der Waals surface area contributed by atoms with Gasteiger partial charge in [0.25, 0.3) is 5.91 Å². The predicted molar refractivity (Wildman–Crippen MR) is 130 cm³/mol. The van der Waals surface area contributed by atoms with Crippen molar-refractivity contribution in [1.29, 1.82) is 0 Å². The summed E-state index contributed by atoms with van der Waals surface area (Å²) in [6.45, 7) is 1.58. The molecular weight excluding hydrogens is 464 g/mol. The van der Waals surface area contributed by atoms with Gasteiger partial charge in [0.2, 0.25) is 12.7 Å². The fourth-order valence-corrected chi connectivity index (χ4v) is 5.68. The van der Waals surface area contributed by atoms with E-state index in [-0.39, 0.29) is 43.3 Å². The van der Waals surface area contributed by atoms with Gasteiger partial charge in [0.05, 0.1) is 19.1 Å². The SMILES string of the molecule is O=C(Nc1ccc2c(c1)[C@H]1C[C@H](CC(=O)N3CCCCC3)O[C@@H](CO)[C@H]1O2)c1ccc2c(c1)OCO2. The number of carbonyl (C=O) groups is 2. The summed E-state index contributed by atoms with van der Waals surface area (Å²) in [5.41, 5.74) is 2.07. The van der Waals surface area contributed by atoms with Crippen LogP contribution in [0.3, 0.4) is 0 Å². The molecule has 0 aromatic heterocycles. The number of rotatable bonds is 5. The van der Waals surface area contributed by atoms with Crippen LogP contribution in [0.25, 0.3) is 0 Å². The van der Waals surface area contributed by atoms with Crippen LogP contribution in [0.15, 0.2) is 36.4 Å². The van der Waals surface area contributed by atoms with Crippen LogP contribution in [0.4, 0.5) is 5.69 Å². The van der Waals surface area contributed by atoms with Gasteiger partial charge in [-0.1, -0.05) is 0 Å². The number of aliphatic hydroxyl groups excluding tert-OH is 1. The molecule has 2 N–H and O–H groups in total. The van der Waals surface area contributed by atoms with Gasteiger partial charge >= 0.3 is 0 Å². The third-order valence-electron chi connectivity index (χ3n) is 7.50. The lowest BCUT2D eigenvalue weighted by Gasteiger charge is -2.38. The van der Waals surface area contributed by atoms with Crippen molar-refractivity contribution in [2.24, 2.45) is 0 Å². The molecule has 0 spiro atoms. The van der Waals surface area contributed by atoms with Crippen molar-refractivity contribution in [3.8, 4) is 17.2 Å². The number of ether oxygens (including phenoxy) is 4. The molecule has 9 heteroatoms. The van der Waals surface area contributed by atoms with Crippen LogP contribution in [0, 0.1) is 0 Å². The van der Waals surface area contributed by atoms with Crippen molar-refractivity contribution in [2.45, 2.75) is 56.3 Å². The summed E-state index contributed by atoms with van der Waals surface area (Å²) in [6, 6.07) is 10.6. The van der Waals surface area contributed by atoms with Crippen LogP contribution < -0.4 is 19.5 Å². The number of nitrogens with zero attached hydrogens (tertiary/aromatic N) is 1. The minimum atomic E-state index is -0.512. The third kappa shape index (κ3) is 4.37. The highest BCUT2D eigenvalue weighted by Crippen LogP contribution is 2.47. The van der Waals surface area contributed by atoms with Crippen molar-refractivity contribution < 1.29 is 33.6 Å². The third-order valence-corrected chi connectivity index (χ3v) is 7.50. The molecule has 0 bridgehead atoms. The zero-order chi connectivity index (χ0) is 24.6. The number of carbonyl (C=O) groups excluding carboxylic acids is 2. The maximum absolute atomic E-state index is 12.9. The molecule has 36 heavy (non-hydrogen) atoms. The first kappa shape index (κ1) is 23.1. The summed E-state index contributed by atoms with van der Waals surface area (Å²) in [7, 11) is 0. The molecule has 190 valence electrons. The standard InChI is InChI=1S/C27H30N2O7/c30-14-24-26-20(12-18(35-24)13-25(31)29-8-2-1-3-9-29)19-11-17(5-7-21(19)36-26)28-27(32)16-4-6-22-23(10-16)34-15-33-22/h4-7,10-11,18,20,24,26,30H,1-3,8-9,12-15H2,(H,28,32)/t18-,20-,24+,26+/m1/s1. The van der Waals surface area contributed by atoms with Crippen LogP contribution >= 0.6 is 0 Å². The second-order valence-electron chi connectivity index (χ2n) is 9.82. The van der Waals surface area contributed by atoms with E-state index in [4.69, 9.17) is 18.9 Å². The summed E-state index contributed by atoms with van der Waals surface area (Å²) in [5, 5.41) is 13.0. The van der Waals surface area contributed by atoms with Crippen LogP contribution in [-0.2, 0) is 9.53 Å². The second kappa shape index (κ2) is 9.63. The fourth-order valence-electron chi connectivity index (χ4n) is 5.68. The van der Waals surface area contributed by atoms with Gasteiger partial charge in [0, 0.05) is 35.8 Å². The Labute approximate surface area is 209 Å². The number of fused-ring (bicyclic) bond motifs is 4. The van der Waals surface area contributed by atoms with E-state index in [2.05, 4.69) is 5.32 Å². The van der Waals surface area contributed by atoms with Gasteiger partial charge in [-0.15, -0.1) is 0 Å². The number of likely N-dealkylation sites (tertiary alicyclic amines) is 1. The van der Waals surface area contributed by atoms with Crippen LogP contribution in [0.1, 0.15) is 53.9 Å². The lowest BCUT2D eigenvalue weighted by molar-refractivity contribution is -0.149. The monoisotopic (exact) mass is 494 g/mol. The minimum absolute atomic E-state index is 0.0348. The van der Waals surface area contributed by atoms with Gasteiger partial charge in [-0.25, -0.2) is 0 Å². The summed E-state index contributed by atoms with van der Waals surface area (Å²) >= 11 is 0. The topological polar surface area (TPSA) is 107 Å². The zero-order valence-corrected chi connectivity index (χ0v) is 20.0. The quantitative estimate of drug-likeness (QED) is 0.658. The van der Waals surface area contributed by atoms with E-state index in [0.717, 1.165) is 37.2 Å². The number of hydrogen-bond acceptors (Lipinski definition) is 7. The van der Waals surface area contributed by atoms with E-state index >= 15 is 0 Å². The predicted octanol–water partition coefficient (Wildman–Crippen LogP) is 3.06. The van der Waals surface area contributed by atoms with Gasteiger partial charge in [0.1, 0.15) is 18.0 Å². The van der Waals surface area contributed by atoms with Crippen LogP contribution in [0.2, 0.25) is 0 Å². The molecule has 6 rings (SSSR count). The van der Waals surface area contributed by atoms with Gasteiger partial charge in [-0.2, -0.15) is 0 Å². The van der Waals surface area contributed by atoms with E-state index in [9.17, 15) is 14.7 Å². The summed E-state index contributed by atoms with van der Waals surface area (Å²) < 4.78 is 23.0. The molecule has 2 amide bonds. The van der Waals surface area contributed by atoms with E-state index < -0.39 is 6.10 Å². The Morgan fingerprint density at radius 1 is 1.00 bits per heavy atom. The highest BCUT2D eigenvalue weighted by Gasteiger charge is 2.46. The normalized spacial score (nSPS) is 26.1. The van der Waals surface area contributed by atoms with Gasteiger partial charge in [0.15, 0.2) is 11.5 Å². The van der Waals surface area contributed by atoms with Gasteiger partial charge in [-0.05, 0) is 62.1 Å². The van der Waals surface area contributed by atoms with Crippen molar-refractivity contribution in [1.82, 2.24) is 4.90 Å². The number of aliphatic hydroxyl groups is 1. The highest BCUT2D eigenvalue weighted by molar-refractivity contribution is 6.04. The molecule has 4 atom stereocenters. The number of amides is 2. The van der Waals surface area contributed by atoms with Gasteiger partial charge in [-0.3, -0.25) is 9.59 Å². The number of piperidine rings is 1. The van der Waals surface area contributed by atoms with Crippen molar-refractivity contribution in [3.05, 3.63) is 47.5 Å². The van der Waals surface area contributed by atoms with E-state index in [0.29, 0.717) is 35.6 Å². The first-order valence-corrected chi connectivity index (χ1v) is 12.6. The molecule has 4 aliphatic rings. The molecule has 9 nitrogen and oxygen atoms in total. The number of nitrogens with one attached hydrogen (secondary N) is 1. The van der Waals surface area contributed by atoms with Crippen molar-refractivity contribution in [2.75, 3.05) is 31.8 Å². The van der Waals surface area contributed by atoms with Crippen LogP contribution in [-0.4, -0.2) is 66.6 Å². The molecule has 2 aromatic rings. The van der Waals surface area contributed by atoms with E-state index in [1.165, 1.54) is 6.42 Å².